The lowest BCUT2D eigenvalue weighted by Gasteiger charge is -2.22. The van der Waals surface area contributed by atoms with E-state index in [1.54, 1.807) is 0 Å². The van der Waals surface area contributed by atoms with Gasteiger partial charge in [-0.3, -0.25) is 9.59 Å². The predicted molar refractivity (Wildman–Crippen MR) is 70.6 cm³/mol. The molecule has 0 aromatic heterocycles. The highest BCUT2D eigenvalue weighted by Gasteiger charge is 2.43. The van der Waals surface area contributed by atoms with Gasteiger partial charge in [0.15, 0.2) is 0 Å². The summed E-state index contributed by atoms with van der Waals surface area (Å²) in [6.07, 6.45) is 11.0. The van der Waals surface area contributed by atoms with Crippen LogP contribution in [0.3, 0.4) is 0 Å². The lowest BCUT2D eigenvalue weighted by atomic mass is 9.83. The van der Waals surface area contributed by atoms with E-state index in [2.05, 4.69) is 12.2 Å². The molecule has 0 aromatic rings. The lowest BCUT2D eigenvalue weighted by Crippen LogP contribution is -2.31. The van der Waals surface area contributed by atoms with Crippen molar-refractivity contribution in [3.8, 4) is 0 Å². The van der Waals surface area contributed by atoms with E-state index < -0.39 is 17.4 Å². The molecule has 2 rings (SSSR count). The molecule has 1 N–H and O–H groups in total. The summed E-state index contributed by atoms with van der Waals surface area (Å²) < 4.78 is 5.20. The Morgan fingerprint density at radius 3 is 2.58 bits per heavy atom. The van der Waals surface area contributed by atoms with Crippen molar-refractivity contribution in [3.05, 3.63) is 23.8 Å². The fourth-order valence-electron chi connectivity index (χ4n) is 2.78. The molecule has 0 atom stereocenters. The van der Waals surface area contributed by atoms with Crippen LogP contribution in [-0.2, 0) is 14.3 Å². The molecule has 0 unspecified atom stereocenters. The monoisotopic (exact) mass is 264 g/mol. The summed E-state index contributed by atoms with van der Waals surface area (Å²) in [6.45, 7) is 0.255. The van der Waals surface area contributed by atoms with Crippen LogP contribution in [-0.4, -0.2) is 23.7 Å². The lowest BCUT2D eigenvalue weighted by molar-refractivity contribution is -0.157. The molecular formula is C15H20O4. The maximum atomic E-state index is 11.8. The number of carboxylic acid groups (broad SMARTS) is 1. The van der Waals surface area contributed by atoms with Gasteiger partial charge >= 0.3 is 11.9 Å². The number of carbonyl (C=O) groups excluding carboxylic acids is 1. The molecule has 2 aliphatic carbocycles. The predicted octanol–water partition coefficient (Wildman–Crippen LogP) is 2.84. The van der Waals surface area contributed by atoms with Crippen LogP contribution < -0.4 is 0 Å². The minimum absolute atomic E-state index is 0.000667. The molecule has 19 heavy (non-hydrogen) atoms. The van der Waals surface area contributed by atoms with E-state index in [0.717, 1.165) is 31.3 Å². The number of esters is 1. The molecule has 1 fully saturated rings. The van der Waals surface area contributed by atoms with Gasteiger partial charge < -0.3 is 9.84 Å². The molecule has 0 amide bonds. The van der Waals surface area contributed by atoms with Crippen molar-refractivity contribution < 1.29 is 19.4 Å². The smallest absolute Gasteiger partial charge is 0.310 e. The third-order valence-corrected chi connectivity index (χ3v) is 3.97. The van der Waals surface area contributed by atoms with Gasteiger partial charge in [-0.15, -0.1) is 0 Å². The molecule has 1 saturated carbocycles. The number of aliphatic carboxylic acids is 1. The Morgan fingerprint density at radius 2 is 2.00 bits per heavy atom. The number of hydrogen-bond acceptors (Lipinski definition) is 3. The minimum atomic E-state index is -0.881. The molecule has 4 nitrogen and oxygen atoms in total. The average molecular weight is 264 g/mol. The first-order valence-corrected chi connectivity index (χ1v) is 6.87. The topological polar surface area (TPSA) is 63.6 Å². The van der Waals surface area contributed by atoms with Crippen LogP contribution in [0, 0.1) is 5.41 Å². The molecule has 0 spiro atoms. The van der Waals surface area contributed by atoms with Gasteiger partial charge in [0.25, 0.3) is 0 Å². The van der Waals surface area contributed by atoms with Crippen LogP contribution in [0.5, 0.6) is 0 Å². The fourth-order valence-corrected chi connectivity index (χ4v) is 2.78. The van der Waals surface area contributed by atoms with E-state index in [1.807, 2.05) is 6.08 Å². The van der Waals surface area contributed by atoms with Crippen molar-refractivity contribution in [2.75, 3.05) is 6.61 Å². The van der Waals surface area contributed by atoms with Crippen molar-refractivity contribution in [1.82, 2.24) is 0 Å². The Labute approximate surface area is 113 Å². The molecule has 4 heteroatoms. The van der Waals surface area contributed by atoms with Gasteiger partial charge in [0, 0.05) is 0 Å². The summed E-state index contributed by atoms with van der Waals surface area (Å²) in [5.41, 5.74) is 0.115. The Bertz CT molecular complexity index is 414. The van der Waals surface area contributed by atoms with E-state index in [1.165, 1.54) is 0 Å². The van der Waals surface area contributed by atoms with Crippen LogP contribution in [0.1, 0.15) is 44.9 Å². The molecule has 0 heterocycles. The van der Waals surface area contributed by atoms with E-state index in [0.29, 0.717) is 12.8 Å². The Balaban J connectivity index is 1.85. The first-order chi connectivity index (χ1) is 9.12. The molecule has 0 aliphatic heterocycles. The molecule has 0 aromatic carbocycles. The Kier molecular flexibility index (Phi) is 4.40. The van der Waals surface area contributed by atoms with Gasteiger partial charge in [0.1, 0.15) is 6.61 Å². The van der Waals surface area contributed by atoms with Crippen LogP contribution in [0.25, 0.3) is 0 Å². The van der Waals surface area contributed by atoms with Crippen molar-refractivity contribution >= 4 is 11.9 Å². The molecule has 2 aliphatic rings. The maximum Gasteiger partial charge on any atom is 0.310 e. The van der Waals surface area contributed by atoms with Crippen LogP contribution >= 0.6 is 0 Å². The Hall–Kier alpha value is -1.58. The summed E-state index contributed by atoms with van der Waals surface area (Å²) in [4.78, 5) is 23.1. The highest BCUT2D eigenvalue weighted by Crippen LogP contribution is 2.41. The van der Waals surface area contributed by atoms with Gasteiger partial charge in [-0.05, 0) is 31.3 Å². The van der Waals surface area contributed by atoms with Crippen LogP contribution in [0.4, 0.5) is 0 Å². The quantitative estimate of drug-likeness (QED) is 0.775. The standard InChI is InChI=1S/C15H20O4/c16-13(19-11-12-6-2-1-3-7-12)10-15(14(17)18)8-4-5-9-15/h2,6-7H,1,3-5,8-11H2,(H,17,18). The number of ether oxygens (including phenoxy) is 1. The van der Waals surface area contributed by atoms with E-state index >= 15 is 0 Å². The third-order valence-electron chi connectivity index (χ3n) is 3.97. The molecule has 104 valence electrons. The first-order valence-electron chi connectivity index (χ1n) is 6.87. The summed E-state index contributed by atoms with van der Waals surface area (Å²) in [7, 11) is 0. The summed E-state index contributed by atoms with van der Waals surface area (Å²) in [5, 5.41) is 9.30. The second-order valence-corrected chi connectivity index (χ2v) is 5.39. The van der Waals surface area contributed by atoms with E-state index in [4.69, 9.17) is 4.74 Å². The van der Waals surface area contributed by atoms with E-state index in [-0.39, 0.29) is 13.0 Å². The first kappa shape index (κ1) is 13.8. The van der Waals surface area contributed by atoms with Gasteiger partial charge in [-0.25, -0.2) is 0 Å². The normalized spacial score (nSPS) is 20.9. The van der Waals surface area contributed by atoms with Crippen molar-refractivity contribution in [2.45, 2.75) is 44.9 Å². The molecular weight excluding hydrogens is 244 g/mol. The number of hydrogen-bond donors (Lipinski definition) is 1. The van der Waals surface area contributed by atoms with Crippen molar-refractivity contribution in [1.29, 1.82) is 0 Å². The Morgan fingerprint density at radius 1 is 1.26 bits per heavy atom. The van der Waals surface area contributed by atoms with E-state index in [9.17, 15) is 14.7 Å². The number of carboxylic acids is 1. The highest BCUT2D eigenvalue weighted by atomic mass is 16.5. The minimum Gasteiger partial charge on any atom is -0.481 e. The number of rotatable bonds is 5. The second kappa shape index (κ2) is 6.04. The highest BCUT2D eigenvalue weighted by molar-refractivity contribution is 5.82. The van der Waals surface area contributed by atoms with Crippen molar-refractivity contribution in [2.24, 2.45) is 5.41 Å². The van der Waals surface area contributed by atoms with Crippen LogP contribution in [0.15, 0.2) is 23.8 Å². The van der Waals surface area contributed by atoms with Gasteiger partial charge in [0.2, 0.25) is 0 Å². The number of carbonyl (C=O) groups is 2. The molecule has 0 radical (unpaired) electrons. The van der Waals surface area contributed by atoms with Crippen LogP contribution in [0.2, 0.25) is 0 Å². The second-order valence-electron chi connectivity index (χ2n) is 5.39. The zero-order chi connectivity index (χ0) is 13.7. The van der Waals surface area contributed by atoms with Gasteiger partial charge in [-0.2, -0.15) is 0 Å². The van der Waals surface area contributed by atoms with Crippen molar-refractivity contribution in [3.63, 3.8) is 0 Å². The zero-order valence-electron chi connectivity index (χ0n) is 11.1. The largest absolute Gasteiger partial charge is 0.481 e. The molecule has 0 saturated heterocycles. The fraction of sp³-hybridized carbons (Fsp3) is 0.600. The van der Waals surface area contributed by atoms with Gasteiger partial charge in [-0.1, -0.05) is 31.1 Å². The molecule has 0 bridgehead atoms. The summed E-state index contributed by atoms with van der Waals surface area (Å²) in [6, 6.07) is 0. The summed E-state index contributed by atoms with van der Waals surface area (Å²) >= 11 is 0. The maximum absolute atomic E-state index is 11.8. The zero-order valence-corrected chi connectivity index (χ0v) is 11.1. The third kappa shape index (κ3) is 3.46. The van der Waals surface area contributed by atoms with Gasteiger partial charge in [0.05, 0.1) is 11.8 Å². The summed E-state index contributed by atoms with van der Waals surface area (Å²) in [5.74, 6) is -1.26. The number of allylic oxidation sites excluding steroid dienone is 2. The SMILES string of the molecule is O=C(CC1(C(=O)O)CCCC1)OCC1=CCCC=C1. The average Bonchev–Trinajstić information content (AvgIpc) is 2.87.